The maximum atomic E-state index is 13.0. The Kier molecular flexibility index (Phi) is 4.29. The summed E-state index contributed by atoms with van der Waals surface area (Å²) in [6.07, 6.45) is 3.82. The van der Waals surface area contributed by atoms with E-state index in [1.54, 1.807) is 24.3 Å². The first-order valence-corrected chi connectivity index (χ1v) is 9.39. The summed E-state index contributed by atoms with van der Waals surface area (Å²) in [5.41, 5.74) is 2.41. The zero-order chi connectivity index (χ0) is 18.3. The summed E-state index contributed by atoms with van der Waals surface area (Å²) in [5, 5.41) is 9.06. The summed E-state index contributed by atoms with van der Waals surface area (Å²) in [6.45, 7) is 0.0990. The number of hydrogen-bond acceptors (Lipinski definition) is 3. The predicted octanol–water partition coefficient (Wildman–Crippen LogP) is 4.04. The van der Waals surface area contributed by atoms with E-state index in [0.717, 1.165) is 10.0 Å². The van der Waals surface area contributed by atoms with Gasteiger partial charge in [0.15, 0.2) is 0 Å². The summed E-state index contributed by atoms with van der Waals surface area (Å²) < 4.78 is 0.953. The van der Waals surface area contributed by atoms with Crippen molar-refractivity contribution < 1.29 is 14.7 Å². The Balaban J connectivity index is 1.77. The first-order valence-electron chi connectivity index (χ1n) is 8.59. The Labute approximate surface area is 160 Å². The van der Waals surface area contributed by atoms with E-state index in [1.807, 2.05) is 30.3 Å². The van der Waals surface area contributed by atoms with E-state index in [1.165, 1.54) is 10.5 Å². The van der Waals surface area contributed by atoms with Gasteiger partial charge in [0.25, 0.3) is 11.8 Å². The molecule has 0 atom stereocenters. The maximum Gasteiger partial charge on any atom is 0.262 e. The van der Waals surface area contributed by atoms with Crippen LogP contribution in [0.1, 0.15) is 45.5 Å². The number of amides is 2. The molecule has 4 nitrogen and oxygen atoms in total. The molecule has 2 amide bonds. The van der Waals surface area contributed by atoms with Gasteiger partial charge < -0.3 is 5.11 Å². The Morgan fingerprint density at radius 3 is 2.12 bits per heavy atom. The van der Waals surface area contributed by atoms with Crippen LogP contribution in [0.2, 0.25) is 0 Å². The number of imide groups is 1. The molecular weight excluding hydrogens is 394 g/mol. The zero-order valence-corrected chi connectivity index (χ0v) is 15.7. The lowest BCUT2D eigenvalue weighted by atomic mass is 9.66. The van der Waals surface area contributed by atoms with Gasteiger partial charge in [0, 0.05) is 11.1 Å². The van der Waals surface area contributed by atoms with Crippen LogP contribution >= 0.6 is 15.9 Å². The average Bonchev–Trinajstić information content (AvgIpc) is 2.87. The number of aliphatic hydroxyl groups excluding tert-OH is 1. The molecule has 5 heteroatoms. The van der Waals surface area contributed by atoms with Crippen molar-refractivity contribution in [2.75, 3.05) is 6.61 Å². The quantitative estimate of drug-likeness (QED) is 0.609. The van der Waals surface area contributed by atoms with Crippen LogP contribution in [0.5, 0.6) is 0 Å². The summed E-state index contributed by atoms with van der Waals surface area (Å²) in [7, 11) is 0. The van der Waals surface area contributed by atoms with Crippen molar-refractivity contribution in [2.24, 2.45) is 0 Å². The van der Waals surface area contributed by atoms with Crippen LogP contribution in [-0.2, 0) is 5.54 Å². The van der Waals surface area contributed by atoms with Crippen molar-refractivity contribution in [3.05, 3.63) is 81.3 Å². The number of aliphatic hydroxyl groups is 1. The Morgan fingerprint density at radius 2 is 1.58 bits per heavy atom. The van der Waals surface area contributed by atoms with Crippen molar-refractivity contribution in [3.63, 3.8) is 0 Å². The van der Waals surface area contributed by atoms with Crippen molar-refractivity contribution in [2.45, 2.75) is 24.8 Å². The van der Waals surface area contributed by atoms with Gasteiger partial charge in [0.05, 0.1) is 16.7 Å². The third kappa shape index (κ3) is 2.54. The van der Waals surface area contributed by atoms with Gasteiger partial charge in [-0.1, -0.05) is 51.8 Å². The third-order valence-electron chi connectivity index (χ3n) is 5.20. The third-order valence-corrected chi connectivity index (χ3v) is 5.73. The highest BCUT2D eigenvalue weighted by molar-refractivity contribution is 9.10. The maximum absolute atomic E-state index is 13.0. The van der Waals surface area contributed by atoms with E-state index in [2.05, 4.69) is 15.9 Å². The van der Waals surface area contributed by atoms with E-state index in [-0.39, 0.29) is 18.4 Å². The standard InChI is InChI=1S/C21H18BrNO3/c22-16-9-7-15(8-10-16)21(12-14(13-21)4-3-11-24)23-19(25)17-5-1-2-6-18(17)20(23)26/h1-2,4-10,24H,3,11-13H2. The van der Waals surface area contributed by atoms with Crippen molar-refractivity contribution >= 4 is 27.7 Å². The van der Waals surface area contributed by atoms with Gasteiger partial charge in [-0.2, -0.15) is 0 Å². The van der Waals surface area contributed by atoms with Gasteiger partial charge in [-0.15, -0.1) is 0 Å². The van der Waals surface area contributed by atoms with Crippen molar-refractivity contribution in [1.29, 1.82) is 0 Å². The fourth-order valence-corrected chi connectivity index (χ4v) is 4.21. The molecule has 2 aromatic rings. The monoisotopic (exact) mass is 411 g/mol. The molecule has 1 saturated carbocycles. The topological polar surface area (TPSA) is 57.6 Å². The van der Waals surface area contributed by atoms with Gasteiger partial charge >= 0.3 is 0 Å². The zero-order valence-electron chi connectivity index (χ0n) is 14.1. The van der Waals surface area contributed by atoms with Crippen LogP contribution in [0.4, 0.5) is 0 Å². The number of carbonyl (C=O) groups is 2. The number of benzene rings is 2. The van der Waals surface area contributed by atoms with Crippen LogP contribution < -0.4 is 0 Å². The van der Waals surface area contributed by atoms with Crippen LogP contribution in [0.25, 0.3) is 0 Å². The van der Waals surface area contributed by atoms with Gasteiger partial charge in [0.1, 0.15) is 0 Å². The number of fused-ring (bicyclic) bond motifs is 1. The molecule has 132 valence electrons. The summed E-state index contributed by atoms with van der Waals surface area (Å²) in [4.78, 5) is 27.5. The number of halogens is 1. The van der Waals surface area contributed by atoms with Crippen LogP contribution in [0.15, 0.2) is 64.7 Å². The number of carbonyl (C=O) groups excluding carboxylic acids is 2. The Bertz CT molecular complexity index is 874. The molecule has 0 unspecified atom stereocenters. The van der Waals surface area contributed by atoms with Crippen LogP contribution in [-0.4, -0.2) is 28.4 Å². The second-order valence-corrected chi connectivity index (χ2v) is 7.67. The molecule has 2 aromatic carbocycles. The highest BCUT2D eigenvalue weighted by atomic mass is 79.9. The molecule has 0 bridgehead atoms. The summed E-state index contributed by atoms with van der Waals surface area (Å²) >= 11 is 3.44. The molecule has 0 radical (unpaired) electrons. The SMILES string of the molecule is O=C1c2ccccc2C(=O)N1C1(c2ccc(Br)cc2)CC(=CCCO)C1. The van der Waals surface area contributed by atoms with E-state index in [4.69, 9.17) is 5.11 Å². The molecule has 1 aliphatic carbocycles. The molecule has 26 heavy (non-hydrogen) atoms. The summed E-state index contributed by atoms with van der Waals surface area (Å²) in [6, 6.07) is 14.8. The van der Waals surface area contributed by atoms with Gasteiger partial charge in [-0.3, -0.25) is 14.5 Å². The normalized spacial score (nSPS) is 21.6. The van der Waals surface area contributed by atoms with Gasteiger partial charge in [-0.05, 0) is 49.1 Å². The Morgan fingerprint density at radius 1 is 1.00 bits per heavy atom. The van der Waals surface area contributed by atoms with Crippen molar-refractivity contribution in [3.8, 4) is 0 Å². The minimum absolute atomic E-state index is 0.0990. The largest absolute Gasteiger partial charge is 0.396 e. The van der Waals surface area contributed by atoms with E-state index in [0.29, 0.717) is 30.4 Å². The minimum Gasteiger partial charge on any atom is -0.396 e. The smallest absolute Gasteiger partial charge is 0.262 e. The second-order valence-electron chi connectivity index (χ2n) is 6.76. The van der Waals surface area contributed by atoms with Gasteiger partial charge in [-0.25, -0.2) is 0 Å². The minimum atomic E-state index is -0.658. The Hall–Kier alpha value is -2.24. The molecule has 1 heterocycles. The predicted molar refractivity (Wildman–Crippen MR) is 102 cm³/mol. The van der Waals surface area contributed by atoms with E-state index >= 15 is 0 Å². The number of hydrogen-bond donors (Lipinski definition) is 1. The van der Waals surface area contributed by atoms with E-state index in [9.17, 15) is 9.59 Å². The lowest BCUT2D eigenvalue weighted by Crippen LogP contribution is -2.54. The highest BCUT2D eigenvalue weighted by Gasteiger charge is 2.54. The second kappa shape index (κ2) is 6.49. The molecule has 2 aliphatic rings. The fraction of sp³-hybridized carbons (Fsp3) is 0.238. The van der Waals surface area contributed by atoms with Crippen molar-refractivity contribution in [1.82, 2.24) is 4.90 Å². The number of rotatable bonds is 4. The molecule has 1 aliphatic heterocycles. The molecule has 0 spiro atoms. The fourth-order valence-electron chi connectivity index (χ4n) is 3.94. The lowest BCUT2D eigenvalue weighted by molar-refractivity contribution is 0.0311. The first-order chi connectivity index (χ1) is 12.6. The molecular formula is C21H18BrNO3. The van der Waals surface area contributed by atoms with Crippen LogP contribution in [0.3, 0.4) is 0 Å². The summed E-state index contributed by atoms with van der Waals surface area (Å²) in [5.74, 6) is -0.454. The molecule has 4 rings (SSSR count). The van der Waals surface area contributed by atoms with E-state index < -0.39 is 5.54 Å². The number of nitrogens with zero attached hydrogens (tertiary/aromatic N) is 1. The first kappa shape index (κ1) is 17.2. The molecule has 1 N–H and O–H groups in total. The lowest BCUT2D eigenvalue weighted by Gasteiger charge is -2.49. The highest BCUT2D eigenvalue weighted by Crippen LogP contribution is 2.52. The van der Waals surface area contributed by atoms with Crippen LogP contribution in [0, 0.1) is 0 Å². The van der Waals surface area contributed by atoms with Gasteiger partial charge in [0.2, 0.25) is 0 Å². The average molecular weight is 412 g/mol. The molecule has 0 aromatic heterocycles. The molecule has 1 fully saturated rings. The molecule has 0 saturated heterocycles.